The molecular weight excluding hydrogens is 240 g/mol. The van der Waals surface area contributed by atoms with E-state index in [2.05, 4.69) is 4.98 Å². The molecule has 0 atom stereocenters. The Morgan fingerprint density at radius 3 is 2.67 bits per heavy atom. The lowest BCUT2D eigenvalue weighted by atomic mass is 10.0. The van der Waals surface area contributed by atoms with E-state index in [1.54, 1.807) is 0 Å². The zero-order valence-corrected chi connectivity index (χ0v) is 9.48. The zero-order valence-electron chi connectivity index (χ0n) is 9.48. The van der Waals surface area contributed by atoms with Gasteiger partial charge in [0.2, 0.25) is 0 Å². The molecule has 2 rings (SSSR count). The first-order valence-corrected chi connectivity index (χ1v) is 5.12. The number of ketones is 1. The molecule has 0 saturated carbocycles. The van der Waals surface area contributed by atoms with Crippen LogP contribution in [-0.2, 0) is 0 Å². The first kappa shape index (κ1) is 12.2. The molecule has 92 valence electrons. The van der Waals surface area contributed by atoms with Gasteiger partial charge in [-0.3, -0.25) is 9.78 Å². The number of benzene rings is 1. The van der Waals surface area contributed by atoms with Crippen molar-refractivity contribution in [2.45, 2.75) is 0 Å². The highest BCUT2D eigenvalue weighted by Crippen LogP contribution is 2.22. The number of halogens is 2. The second-order valence-corrected chi connectivity index (χ2v) is 3.51. The molecule has 1 heterocycles. The summed E-state index contributed by atoms with van der Waals surface area (Å²) < 4.78 is 32.0. The quantitative estimate of drug-likeness (QED) is 0.785. The third-order valence-electron chi connectivity index (χ3n) is 2.44. The van der Waals surface area contributed by atoms with Crippen LogP contribution in [0.2, 0.25) is 0 Å². The molecule has 0 amide bonds. The monoisotopic (exact) mass is 249 g/mol. The van der Waals surface area contributed by atoms with Gasteiger partial charge in [-0.1, -0.05) is 6.07 Å². The third-order valence-corrected chi connectivity index (χ3v) is 2.44. The third kappa shape index (κ3) is 2.07. The standard InChI is InChI=1S/C13H9F2NO2/c1-18-11-4-2-3-9(12(11)15)13(17)8-5-6-16-7-10(8)14/h2-7H,1H3. The van der Waals surface area contributed by atoms with Crippen LogP contribution in [-0.4, -0.2) is 17.9 Å². The summed E-state index contributed by atoms with van der Waals surface area (Å²) in [5, 5.41) is 0. The number of methoxy groups -OCH3 is 1. The average Bonchev–Trinajstić information content (AvgIpc) is 2.39. The van der Waals surface area contributed by atoms with E-state index in [9.17, 15) is 13.6 Å². The van der Waals surface area contributed by atoms with Crippen molar-refractivity contribution in [3.8, 4) is 5.75 Å². The van der Waals surface area contributed by atoms with E-state index in [1.165, 1.54) is 37.6 Å². The zero-order chi connectivity index (χ0) is 13.1. The van der Waals surface area contributed by atoms with Crippen molar-refractivity contribution < 1.29 is 18.3 Å². The lowest BCUT2D eigenvalue weighted by Gasteiger charge is -2.06. The van der Waals surface area contributed by atoms with Crippen molar-refractivity contribution >= 4 is 5.78 Å². The Morgan fingerprint density at radius 1 is 1.22 bits per heavy atom. The minimum atomic E-state index is -0.804. The summed E-state index contributed by atoms with van der Waals surface area (Å²) in [4.78, 5) is 15.5. The van der Waals surface area contributed by atoms with Gasteiger partial charge >= 0.3 is 0 Å². The van der Waals surface area contributed by atoms with Crippen molar-refractivity contribution in [1.82, 2.24) is 4.98 Å². The van der Waals surface area contributed by atoms with Crippen LogP contribution in [0.3, 0.4) is 0 Å². The van der Waals surface area contributed by atoms with E-state index in [1.807, 2.05) is 0 Å². The van der Waals surface area contributed by atoms with E-state index < -0.39 is 17.4 Å². The second kappa shape index (κ2) is 4.91. The maximum Gasteiger partial charge on any atom is 0.199 e. The molecule has 0 bridgehead atoms. The van der Waals surface area contributed by atoms with Gasteiger partial charge in [0.05, 0.1) is 24.4 Å². The van der Waals surface area contributed by atoms with Crippen molar-refractivity contribution in [2.75, 3.05) is 7.11 Å². The molecule has 18 heavy (non-hydrogen) atoms. The van der Waals surface area contributed by atoms with E-state index in [0.717, 1.165) is 6.20 Å². The Morgan fingerprint density at radius 2 is 2.00 bits per heavy atom. The van der Waals surface area contributed by atoms with Gasteiger partial charge in [-0.05, 0) is 18.2 Å². The van der Waals surface area contributed by atoms with Crippen LogP contribution < -0.4 is 4.74 Å². The van der Waals surface area contributed by atoms with Gasteiger partial charge < -0.3 is 4.74 Å². The van der Waals surface area contributed by atoms with Crippen molar-refractivity contribution in [3.63, 3.8) is 0 Å². The number of carbonyl (C=O) groups is 1. The molecular formula is C13H9F2NO2. The van der Waals surface area contributed by atoms with Gasteiger partial charge in [-0.25, -0.2) is 8.78 Å². The molecule has 0 saturated heterocycles. The van der Waals surface area contributed by atoms with Gasteiger partial charge in [-0.15, -0.1) is 0 Å². The summed E-state index contributed by atoms with van der Waals surface area (Å²) in [5.74, 6) is -2.40. The molecule has 0 spiro atoms. The lowest BCUT2D eigenvalue weighted by molar-refractivity contribution is 0.103. The number of pyridine rings is 1. The maximum atomic E-state index is 13.9. The predicted octanol–water partition coefficient (Wildman–Crippen LogP) is 2.60. The minimum absolute atomic E-state index is 0.0599. The summed E-state index contributed by atoms with van der Waals surface area (Å²) in [5.41, 5.74) is -0.461. The Hall–Kier alpha value is -2.30. The first-order chi connectivity index (χ1) is 8.65. The molecule has 2 aromatic rings. The fraction of sp³-hybridized carbons (Fsp3) is 0.0769. The molecule has 0 N–H and O–H groups in total. The Bertz CT molecular complexity index is 599. The Kier molecular flexibility index (Phi) is 3.32. The van der Waals surface area contributed by atoms with Gasteiger partial charge in [-0.2, -0.15) is 0 Å². The van der Waals surface area contributed by atoms with E-state index in [4.69, 9.17) is 4.74 Å². The number of aromatic nitrogens is 1. The molecule has 1 aromatic heterocycles. The van der Waals surface area contributed by atoms with Gasteiger partial charge in [0.15, 0.2) is 23.2 Å². The van der Waals surface area contributed by atoms with Crippen molar-refractivity contribution in [1.29, 1.82) is 0 Å². The van der Waals surface area contributed by atoms with Crippen LogP contribution in [0.5, 0.6) is 5.75 Å². The number of nitrogens with zero attached hydrogens (tertiary/aromatic N) is 1. The van der Waals surface area contributed by atoms with E-state index in [0.29, 0.717) is 0 Å². The van der Waals surface area contributed by atoms with Crippen LogP contribution in [0, 0.1) is 11.6 Å². The Balaban J connectivity index is 2.50. The molecule has 1 aromatic carbocycles. The molecule has 5 heteroatoms. The molecule has 3 nitrogen and oxygen atoms in total. The first-order valence-electron chi connectivity index (χ1n) is 5.12. The summed E-state index contributed by atoms with van der Waals surface area (Å²) in [6.07, 6.45) is 2.18. The number of ether oxygens (including phenoxy) is 1. The molecule has 0 fully saturated rings. The van der Waals surface area contributed by atoms with Crippen molar-refractivity contribution in [2.24, 2.45) is 0 Å². The van der Waals surface area contributed by atoms with Crippen LogP contribution in [0.25, 0.3) is 0 Å². The highest BCUT2D eigenvalue weighted by atomic mass is 19.1. The fourth-order valence-electron chi connectivity index (χ4n) is 1.55. The normalized spacial score (nSPS) is 10.2. The summed E-state index contributed by atoms with van der Waals surface area (Å²) in [6, 6.07) is 5.33. The number of hydrogen-bond donors (Lipinski definition) is 0. The van der Waals surface area contributed by atoms with Crippen LogP contribution in [0.4, 0.5) is 8.78 Å². The SMILES string of the molecule is COc1cccc(C(=O)c2ccncc2F)c1F. The van der Waals surface area contributed by atoms with E-state index in [-0.39, 0.29) is 16.9 Å². The minimum Gasteiger partial charge on any atom is -0.494 e. The van der Waals surface area contributed by atoms with E-state index >= 15 is 0 Å². The maximum absolute atomic E-state index is 13.9. The van der Waals surface area contributed by atoms with Crippen LogP contribution in [0.1, 0.15) is 15.9 Å². The van der Waals surface area contributed by atoms with Crippen molar-refractivity contribution in [3.05, 3.63) is 59.4 Å². The largest absolute Gasteiger partial charge is 0.494 e. The van der Waals surface area contributed by atoms with Gasteiger partial charge in [0.25, 0.3) is 0 Å². The molecule has 0 aliphatic rings. The smallest absolute Gasteiger partial charge is 0.199 e. The molecule has 0 unspecified atom stereocenters. The molecule has 0 aliphatic heterocycles. The topological polar surface area (TPSA) is 39.2 Å². The Labute approximate surface area is 102 Å². The van der Waals surface area contributed by atoms with Gasteiger partial charge in [0.1, 0.15) is 0 Å². The highest BCUT2D eigenvalue weighted by Gasteiger charge is 2.19. The van der Waals surface area contributed by atoms with Crippen LogP contribution in [0.15, 0.2) is 36.7 Å². The molecule has 0 radical (unpaired) electrons. The van der Waals surface area contributed by atoms with Gasteiger partial charge in [0, 0.05) is 6.20 Å². The molecule has 0 aliphatic carbocycles. The second-order valence-electron chi connectivity index (χ2n) is 3.51. The number of hydrogen-bond acceptors (Lipinski definition) is 3. The van der Waals surface area contributed by atoms with Crippen LogP contribution >= 0.6 is 0 Å². The summed E-state index contributed by atoms with van der Waals surface area (Å²) in [7, 11) is 1.29. The summed E-state index contributed by atoms with van der Waals surface area (Å²) in [6.45, 7) is 0. The lowest BCUT2D eigenvalue weighted by Crippen LogP contribution is -2.07. The number of carbonyl (C=O) groups excluding carboxylic acids is 1. The predicted molar refractivity (Wildman–Crippen MR) is 60.6 cm³/mol. The highest BCUT2D eigenvalue weighted by molar-refractivity contribution is 6.09. The number of rotatable bonds is 3. The summed E-state index contributed by atoms with van der Waals surface area (Å²) >= 11 is 0. The fourth-order valence-corrected chi connectivity index (χ4v) is 1.55. The average molecular weight is 249 g/mol.